The second-order valence-corrected chi connectivity index (χ2v) is 5.73. The number of esters is 1. The van der Waals surface area contributed by atoms with Crippen LogP contribution in [0.5, 0.6) is 0 Å². The minimum atomic E-state index is -0.358. The van der Waals surface area contributed by atoms with E-state index < -0.39 is 0 Å². The molecule has 0 aliphatic carbocycles. The van der Waals surface area contributed by atoms with E-state index in [-0.39, 0.29) is 17.1 Å². The molecule has 0 aromatic heterocycles. The molecule has 2 rings (SSSR count). The van der Waals surface area contributed by atoms with Gasteiger partial charge in [0.05, 0.1) is 0 Å². The highest BCUT2D eigenvalue weighted by Crippen LogP contribution is 2.40. The van der Waals surface area contributed by atoms with Crippen LogP contribution in [0.4, 0.5) is 0 Å². The summed E-state index contributed by atoms with van der Waals surface area (Å²) in [5, 5.41) is 0. The maximum Gasteiger partial charge on any atom is 0.327 e. The van der Waals surface area contributed by atoms with Crippen LogP contribution >= 0.6 is 0 Å². The molecule has 0 aromatic carbocycles. The van der Waals surface area contributed by atoms with Gasteiger partial charge in [-0.05, 0) is 59.5 Å². The van der Waals surface area contributed by atoms with Gasteiger partial charge >= 0.3 is 5.97 Å². The van der Waals surface area contributed by atoms with Crippen molar-refractivity contribution in [3.63, 3.8) is 0 Å². The van der Waals surface area contributed by atoms with Crippen LogP contribution in [0.15, 0.2) is 0 Å². The van der Waals surface area contributed by atoms with E-state index in [4.69, 9.17) is 4.74 Å². The fraction of sp³-hybridized carbons (Fsp3) is 0.917. The highest BCUT2D eigenvalue weighted by atomic mass is 16.6. The van der Waals surface area contributed by atoms with Crippen LogP contribution in [0.2, 0.25) is 0 Å². The van der Waals surface area contributed by atoms with Gasteiger partial charge in [0.25, 0.3) is 0 Å². The van der Waals surface area contributed by atoms with E-state index >= 15 is 0 Å². The lowest BCUT2D eigenvalue weighted by atomic mass is 9.94. The average Bonchev–Trinajstić information content (AvgIpc) is 2.55. The van der Waals surface area contributed by atoms with E-state index in [0.717, 1.165) is 38.8 Å². The molecule has 0 unspecified atom stereocenters. The van der Waals surface area contributed by atoms with Gasteiger partial charge in [-0.3, -0.25) is 9.69 Å². The summed E-state index contributed by atoms with van der Waals surface area (Å²) < 4.78 is 5.55. The molecule has 0 saturated carbocycles. The number of carbonyl (C=O) groups is 1. The summed E-state index contributed by atoms with van der Waals surface area (Å²) in [4.78, 5) is 14.5. The Labute approximate surface area is 91.8 Å². The van der Waals surface area contributed by atoms with Gasteiger partial charge in [0.1, 0.15) is 11.1 Å². The summed E-state index contributed by atoms with van der Waals surface area (Å²) >= 11 is 0. The van der Waals surface area contributed by atoms with E-state index in [9.17, 15) is 4.79 Å². The number of nitrogens with zero attached hydrogens (tertiary/aromatic N) is 1. The Morgan fingerprint density at radius 3 is 2.20 bits per heavy atom. The molecular weight excluding hydrogens is 190 g/mol. The van der Waals surface area contributed by atoms with Crippen LogP contribution in [0.1, 0.15) is 46.5 Å². The lowest BCUT2D eigenvalue weighted by Gasteiger charge is -2.32. The van der Waals surface area contributed by atoms with Gasteiger partial charge in [-0.15, -0.1) is 0 Å². The van der Waals surface area contributed by atoms with Gasteiger partial charge in [-0.25, -0.2) is 0 Å². The Morgan fingerprint density at radius 2 is 1.73 bits per heavy atom. The molecule has 0 spiro atoms. The van der Waals surface area contributed by atoms with E-state index in [0.29, 0.717) is 0 Å². The first kappa shape index (κ1) is 10.9. The quantitative estimate of drug-likeness (QED) is 0.621. The van der Waals surface area contributed by atoms with E-state index in [1.54, 1.807) is 0 Å². The maximum atomic E-state index is 12.2. The molecule has 0 amide bonds. The molecule has 0 N–H and O–H groups in total. The topological polar surface area (TPSA) is 29.5 Å². The van der Waals surface area contributed by atoms with Gasteiger partial charge in [-0.2, -0.15) is 0 Å². The third-order valence-electron chi connectivity index (χ3n) is 3.42. The van der Waals surface area contributed by atoms with Gasteiger partial charge in [0.15, 0.2) is 0 Å². The molecular formula is C12H21NO2. The van der Waals surface area contributed by atoms with Gasteiger partial charge in [0, 0.05) is 0 Å². The van der Waals surface area contributed by atoms with Crippen molar-refractivity contribution >= 4 is 5.97 Å². The van der Waals surface area contributed by atoms with E-state index in [2.05, 4.69) is 4.90 Å². The van der Waals surface area contributed by atoms with Crippen molar-refractivity contribution in [3.8, 4) is 0 Å². The van der Waals surface area contributed by atoms with Crippen LogP contribution in [-0.2, 0) is 9.53 Å². The second kappa shape index (κ2) is 3.48. The van der Waals surface area contributed by atoms with Crippen LogP contribution in [0.25, 0.3) is 0 Å². The first-order valence-electron chi connectivity index (χ1n) is 5.93. The Kier molecular flexibility index (Phi) is 2.53. The molecule has 2 aliphatic rings. The molecule has 2 heterocycles. The molecule has 2 aliphatic heterocycles. The summed E-state index contributed by atoms with van der Waals surface area (Å²) in [6.45, 7) is 7.96. The summed E-state index contributed by atoms with van der Waals surface area (Å²) in [5.41, 5.74) is -0.615. The highest BCUT2D eigenvalue weighted by molar-refractivity contribution is 5.82. The van der Waals surface area contributed by atoms with Crippen molar-refractivity contribution in [2.75, 3.05) is 13.1 Å². The molecule has 0 aromatic rings. The normalized spacial score (nSPS) is 25.3. The third-order valence-corrected chi connectivity index (χ3v) is 3.42. The van der Waals surface area contributed by atoms with Gasteiger partial charge in [0.2, 0.25) is 0 Å². The van der Waals surface area contributed by atoms with E-state index in [1.807, 2.05) is 20.8 Å². The van der Waals surface area contributed by atoms with Crippen molar-refractivity contribution in [1.29, 1.82) is 0 Å². The molecule has 3 nitrogen and oxygen atoms in total. The lowest BCUT2D eigenvalue weighted by Crippen LogP contribution is -2.48. The predicted molar refractivity (Wildman–Crippen MR) is 58.6 cm³/mol. The van der Waals surface area contributed by atoms with Gasteiger partial charge in [-0.1, -0.05) is 0 Å². The fourth-order valence-corrected chi connectivity index (χ4v) is 2.81. The SMILES string of the molecule is CC(C)(C)OC(=O)C12CCCN1CCC2. The second-order valence-electron chi connectivity index (χ2n) is 5.73. The largest absolute Gasteiger partial charge is 0.459 e. The number of fused-ring (bicyclic) bond motifs is 1. The predicted octanol–water partition coefficient (Wildman–Crippen LogP) is 1.96. The van der Waals surface area contributed by atoms with Crippen LogP contribution < -0.4 is 0 Å². The first-order chi connectivity index (χ1) is 6.94. The Morgan fingerprint density at radius 1 is 1.20 bits per heavy atom. The summed E-state index contributed by atoms with van der Waals surface area (Å²) in [6.07, 6.45) is 4.25. The van der Waals surface area contributed by atoms with Crippen molar-refractivity contribution < 1.29 is 9.53 Å². The van der Waals surface area contributed by atoms with Crippen molar-refractivity contribution in [2.45, 2.75) is 57.6 Å². The Hall–Kier alpha value is -0.570. The fourth-order valence-electron chi connectivity index (χ4n) is 2.81. The zero-order chi connectivity index (χ0) is 11.1. The summed E-state index contributed by atoms with van der Waals surface area (Å²) in [7, 11) is 0. The molecule has 2 saturated heterocycles. The average molecular weight is 211 g/mol. The van der Waals surface area contributed by atoms with Crippen molar-refractivity contribution in [2.24, 2.45) is 0 Å². The first-order valence-corrected chi connectivity index (χ1v) is 5.93. The molecule has 0 atom stereocenters. The highest BCUT2D eigenvalue weighted by Gasteiger charge is 2.51. The molecule has 0 radical (unpaired) electrons. The molecule has 3 heteroatoms. The Bertz CT molecular complexity index is 257. The summed E-state index contributed by atoms with van der Waals surface area (Å²) in [6, 6.07) is 0. The van der Waals surface area contributed by atoms with Crippen LogP contribution in [0, 0.1) is 0 Å². The smallest absolute Gasteiger partial charge is 0.327 e. The molecule has 86 valence electrons. The van der Waals surface area contributed by atoms with Crippen molar-refractivity contribution in [3.05, 3.63) is 0 Å². The molecule has 0 bridgehead atoms. The van der Waals surface area contributed by atoms with Gasteiger partial charge < -0.3 is 4.74 Å². The monoisotopic (exact) mass is 211 g/mol. The number of ether oxygens (including phenoxy) is 1. The van der Waals surface area contributed by atoms with E-state index in [1.165, 1.54) is 0 Å². The zero-order valence-electron chi connectivity index (χ0n) is 10.0. The number of rotatable bonds is 1. The minimum absolute atomic E-state index is 0.00463. The lowest BCUT2D eigenvalue weighted by molar-refractivity contribution is -0.166. The maximum absolute atomic E-state index is 12.2. The number of hydrogen-bond donors (Lipinski definition) is 0. The number of carbonyl (C=O) groups excluding carboxylic acids is 1. The van der Waals surface area contributed by atoms with Crippen LogP contribution in [0.3, 0.4) is 0 Å². The van der Waals surface area contributed by atoms with Crippen LogP contribution in [-0.4, -0.2) is 35.1 Å². The molecule has 15 heavy (non-hydrogen) atoms. The summed E-state index contributed by atoms with van der Waals surface area (Å²) in [5.74, 6) is 0.00463. The third kappa shape index (κ3) is 1.89. The molecule has 2 fully saturated rings. The standard InChI is InChI=1S/C12H21NO2/c1-11(2,3)15-10(14)12-6-4-8-13(12)9-5-7-12/h4-9H2,1-3H3. The number of hydrogen-bond acceptors (Lipinski definition) is 3. The zero-order valence-corrected chi connectivity index (χ0v) is 10.0. The van der Waals surface area contributed by atoms with Crippen molar-refractivity contribution in [1.82, 2.24) is 4.90 Å². The Balaban J connectivity index is 2.11. The minimum Gasteiger partial charge on any atom is -0.459 e.